The first-order valence-corrected chi connectivity index (χ1v) is 14.9. The monoisotopic (exact) mass is 670 g/mol. The van der Waals surface area contributed by atoms with Crippen molar-refractivity contribution >= 4 is 50.9 Å². The number of rotatable bonds is 8. The first-order chi connectivity index (χ1) is 20.2. The first kappa shape index (κ1) is 29.8. The molecule has 2 heterocycles. The van der Waals surface area contributed by atoms with Crippen molar-refractivity contribution in [2.45, 2.75) is 26.5 Å². The molecule has 0 spiro atoms. The molecule has 216 valence electrons. The first-order valence-electron chi connectivity index (χ1n) is 12.9. The molecular weight excluding hydrogens is 647 g/mol. The van der Waals surface area contributed by atoms with Crippen LogP contribution in [-0.4, -0.2) is 24.3 Å². The van der Waals surface area contributed by atoms with E-state index in [0.29, 0.717) is 42.7 Å². The highest BCUT2D eigenvalue weighted by Gasteiger charge is 2.33. The quantitative estimate of drug-likeness (QED) is 0.217. The summed E-state index contributed by atoms with van der Waals surface area (Å²) in [7, 11) is 1.51. The third-order valence-electron chi connectivity index (χ3n) is 6.55. The number of thiazole rings is 1. The van der Waals surface area contributed by atoms with Crippen LogP contribution in [0.3, 0.4) is 0 Å². The van der Waals surface area contributed by atoms with E-state index < -0.39 is 17.8 Å². The van der Waals surface area contributed by atoms with Gasteiger partial charge >= 0.3 is 5.97 Å². The Morgan fingerprint density at radius 1 is 1.17 bits per heavy atom. The molecule has 0 fully saturated rings. The van der Waals surface area contributed by atoms with Crippen molar-refractivity contribution in [3.8, 4) is 11.5 Å². The molecule has 0 N–H and O–H groups in total. The van der Waals surface area contributed by atoms with Crippen LogP contribution < -0.4 is 24.4 Å². The van der Waals surface area contributed by atoms with E-state index >= 15 is 0 Å². The predicted octanol–water partition coefficient (Wildman–Crippen LogP) is 5.94. The second-order valence-electron chi connectivity index (χ2n) is 9.30. The van der Waals surface area contributed by atoms with Crippen molar-refractivity contribution in [1.29, 1.82) is 0 Å². The van der Waals surface area contributed by atoms with Gasteiger partial charge in [-0.25, -0.2) is 14.2 Å². The molecular formula is C31H25BrClFN2O5S. The fourth-order valence-corrected chi connectivity index (χ4v) is 6.19. The molecule has 0 unspecified atom stereocenters. The van der Waals surface area contributed by atoms with E-state index in [1.807, 2.05) is 24.3 Å². The fraction of sp³-hybridized carbons (Fsp3) is 0.194. The van der Waals surface area contributed by atoms with E-state index in [2.05, 4.69) is 20.9 Å². The highest BCUT2D eigenvalue weighted by Crippen LogP contribution is 2.37. The lowest BCUT2D eigenvalue weighted by atomic mass is 9.96. The number of nitrogens with zero attached hydrogens (tertiary/aromatic N) is 2. The minimum atomic E-state index is -0.837. The van der Waals surface area contributed by atoms with Crippen molar-refractivity contribution in [3.63, 3.8) is 0 Å². The summed E-state index contributed by atoms with van der Waals surface area (Å²) in [4.78, 5) is 31.8. The molecule has 5 rings (SSSR count). The summed E-state index contributed by atoms with van der Waals surface area (Å²) in [6.45, 7) is 3.83. The number of ether oxygens (including phenoxy) is 3. The van der Waals surface area contributed by atoms with Crippen molar-refractivity contribution < 1.29 is 23.4 Å². The van der Waals surface area contributed by atoms with Crippen molar-refractivity contribution in [1.82, 2.24) is 4.57 Å². The van der Waals surface area contributed by atoms with Crippen molar-refractivity contribution in [3.05, 3.63) is 124 Å². The predicted molar refractivity (Wildman–Crippen MR) is 163 cm³/mol. The van der Waals surface area contributed by atoms with Crippen molar-refractivity contribution in [2.75, 3.05) is 13.7 Å². The average Bonchev–Trinajstić information content (AvgIpc) is 3.26. The highest BCUT2D eigenvalue weighted by molar-refractivity contribution is 9.10. The molecule has 1 aromatic heterocycles. The number of methoxy groups -OCH3 is 1. The molecule has 3 aromatic carbocycles. The average molecular weight is 672 g/mol. The van der Waals surface area contributed by atoms with Crippen LogP contribution in [0.1, 0.15) is 36.6 Å². The molecule has 11 heteroatoms. The number of aromatic nitrogens is 1. The summed E-state index contributed by atoms with van der Waals surface area (Å²) in [5, 5.41) is 0.315. The molecule has 1 aliphatic rings. The molecule has 0 amide bonds. The van der Waals surface area contributed by atoms with Crippen LogP contribution in [0.5, 0.6) is 11.5 Å². The van der Waals surface area contributed by atoms with E-state index in [1.165, 1.54) is 35.1 Å². The Hall–Kier alpha value is -3.73. The summed E-state index contributed by atoms with van der Waals surface area (Å²) in [5.74, 6) is -0.229. The largest absolute Gasteiger partial charge is 0.493 e. The molecule has 1 aliphatic heterocycles. The smallest absolute Gasteiger partial charge is 0.338 e. The van der Waals surface area contributed by atoms with E-state index in [0.717, 1.165) is 10.0 Å². The number of carbonyl (C=O) groups excluding carboxylic acids is 1. The van der Waals surface area contributed by atoms with Gasteiger partial charge in [0.15, 0.2) is 16.3 Å². The maximum atomic E-state index is 13.8. The van der Waals surface area contributed by atoms with Gasteiger partial charge in [-0.05, 0) is 73.0 Å². The third-order valence-corrected chi connectivity index (χ3v) is 8.34. The number of hydrogen-bond donors (Lipinski definition) is 0. The summed E-state index contributed by atoms with van der Waals surface area (Å²) in [6, 6.07) is 16.0. The van der Waals surface area contributed by atoms with Crippen LogP contribution in [0.25, 0.3) is 6.08 Å². The fourth-order valence-electron chi connectivity index (χ4n) is 4.60. The van der Waals surface area contributed by atoms with E-state index in [9.17, 15) is 14.0 Å². The Morgan fingerprint density at radius 2 is 1.88 bits per heavy atom. The van der Waals surface area contributed by atoms with Gasteiger partial charge in [-0.2, -0.15) is 0 Å². The van der Waals surface area contributed by atoms with Crippen LogP contribution in [0.2, 0.25) is 5.02 Å². The van der Waals surface area contributed by atoms with Gasteiger partial charge in [0, 0.05) is 4.47 Å². The van der Waals surface area contributed by atoms with Crippen LogP contribution in [-0.2, 0) is 16.1 Å². The number of benzene rings is 3. The zero-order chi connectivity index (χ0) is 30.0. The Morgan fingerprint density at radius 3 is 2.55 bits per heavy atom. The number of esters is 1. The molecule has 0 radical (unpaired) electrons. The molecule has 4 aromatic rings. The van der Waals surface area contributed by atoms with Gasteiger partial charge in [-0.3, -0.25) is 9.36 Å². The lowest BCUT2D eigenvalue weighted by Crippen LogP contribution is -2.39. The summed E-state index contributed by atoms with van der Waals surface area (Å²) in [6.07, 6.45) is 1.68. The zero-order valence-electron chi connectivity index (χ0n) is 22.8. The molecule has 0 saturated carbocycles. The van der Waals surface area contributed by atoms with Crippen molar-refractivity contribution in [2.24, 2.45) is 4.99 Å². The van der Waals surface area contributed by atoms with Gasteiger partial charge in [-0.15, -0.1) is 0 Å². The topological polar surface area (TPSA) is 79.1 Å². The maximum Gasteiger partial charge on any atom is 0.338 e. The summed E-state index contributed by atoms with van der Waals surface area (Å²) < 4.78 is 33.4. The normalized spacial score (nSPS) is 14.8. The second kappa shape index (κ2) is 12.6. The lowest BCUT2D eigenvalue weighted by molar-refractivity contribution is -0.139. The summed E-state index contributed by atoms with van der Waals surface area (Å²) >= 11 is 11.2. The van der Waals surface area contributed by atoms with E-state index in [1.54, 1.807) is 44.2 Å². The Balaban J connectivity index is 1.56. The van der Waals surface area contributed by atoms with Gasteiger partial charge in [0.05, 0.1) is 40.6 Å². The number of carbonyl (C=O) groups is 1. The van der Waals surface area contributed by atoms with E-state index in [4.69, 9.17) is 25.8 Å². The number of fused-ring (bicyclic) bond motifs is 1. The standard InChI is InChI=1S/C31H25BrClFN2O5S/c1-4-40-30(38)26-17(2)35-31-36(27(26)20-7-11-22(34)12-8-20)29(37)25(42-31)15-19-13-23(33)28(24(14-19)39-3)41-16-18-5-9-21(32)10-6-18/h5-15,27H,4,16H2,1-3H3/b25-15-/t27-/m1/s1. The molecule has 42 heavy (non-hydrogen) atoms. The van der Waals surface area contributed by atoms with Crippen LogP contribution in [0.4, 0.5) is 4.39 Å². The summed E-state index contributed by atoms with van der Waals surface area (Å²) in [5.41, 5.74) is 2.39. The number of halogens is 3. The SMILES string of the molecule is CCOC(=O)C1=C(C)N=c2s/c(=C\c3cc(Cl)c(OCc4ccc(Br)cc4)c(OC)c3)c(=O)n2[C@@H]1c1ccc(F)cc1. The van der Waals surface area contributed by atoms with Gasteiger partial charge in [0.1, 0.15) is 12.4 Å². The van der Waals surface area contributed by atoms with E-state index in [-0.39, 0.29) is 24.3 Å². The van der Waals surface area contributed by atoms with Gasteiger partial charge in [-0.1, -0.05) is 63.1 Å². The highest BCUT2D eigenvalue weighted by atomic mass is 79.9. The van der Waals surface area contributed by atoms with Gasteiger partial charge in [0.2, 0.25) is 0 Å². The van der Waals surface area contributed by atoms with Gasteiger partial charge < -0.3 is 14.2 Å². The Bertz CT molecular complexity index is 1870. The Labute approximate surface area is 258 Å². The zero-order valence-corrected chi connectivity index (χ0v) is 26.0. The lowest BCUT2D eigenvalue weighted by Gasteiger charge is -2.24. The third kappa shape index (κ3) is 6.06. The molecule has 1 atom stereocenters. The molecule has 0 saturated heterocycles. The minimum Gasteiger partial charge on any atom is -0.493 e. The van der Waals surface area contributed by atoms with Crippen LogP contribution in [0.15, 0.2) is 86.2 Å². The number of allylic oxidation sites excluding steroid dienone is 1. The van der Waals surface area contributed by atoms with Gasteiger partial charge in [0.25, 0.3) is 5.56 Å². The molecule has 7 nitrogen and oxygen atoms in total. The van der Waals surface area contributed by atoms with Crippen LogP contribution >= 0.6 is 38.9 Å². The second-order valence-corrected chi connectivity index (χ2v) is 11.6. The molecule has 0 aliphatic carbocycles. The molecule has 0 bridgehead atoms. The Kier molecular flexibility index (Phi) is 8.96. The minimum absolute atomic E-state index is 0.154. The number of hydrogen-bond acceptors (Lipinski definition) is 7. The van der Waals surface area contributed by atoms with Crippen LogP contribution in [0, 0.1) is 5.82 Å². The maximum absolute atomic E-state index is 13.8.